The topological polar surface area (TPSA) is 70.7 Å². The molecule has 23 heavy (non-hydrogen) atoms. The van der Waals surface area contributed by atoms with E-state index in [2.05, 4.69) is 26.3 Å². The van der Waals surface area contributed by atoms with Gasteiger partial charge in [-0.15, -0.1) is 0 Å². The maximum Gasteiger partial charge on any atom is 0.228 e. The summed E-state index contributed by atoms with van der Waals surface area (Å²) in [6.07, 6.45) is 9.61. The Morgan fingerprint density at radius 1 is 1.17 bits per heavy atom. The van der Waals surface area contributed by atoms with E-state index in [9.17, 15) is 4.79 Å². The second-order valence-corrected chi connectivity index (χ2v) is 6.05. The molecule has 3 heterocycles. The molecule has 5 heteroatoms. The molecule has 5 nitrogen and oxygen atoms in total. The highest BCUT2D eigenvalue weighted by atomic mass is 16.1. The summed E-state index contributed by atoms with van der Waals surface area (Å²) in [6.45, 7) is 0. The van der Waals surface area contributed by atoms with Crippen molar-refractivity contribution in [2.45, 2.75) is 25.7 Å². The number of nitrogens with zero attached hydrogens (tertiary/aromatic N) is 2. The van der Waals surface area contributed by atoms with Crippen molar-refractivity contribution < 1.29 is 4.79 Å². The van der Waals surface area contributed by atoms with Crippen LogP contribution >= 0.6 is 0 Å². The summed E-state index contributed by atoms with van der Waals surface area (Å²) in [5.74, 6) is 0.844. The van der Waals surface area contributed by atoms with E-state index in [1.165, 1.54) is 0 Å². The van der Waals surface area contributed by atoms with Crippen LogP contribution in [0.2, 0.25) is 0 Å². The number of fused-ring (bicyclic) bond motifs is 1. The first-order valence-corrected chi connectivity index (χ1v) is 7.99. The molecule has 1 fully saturated rings. The summed E-state index contributed by atoms with van der Waals surface area (Å²) < 4.78 is 0. The minimum absolute atomic E-state index is 0.0928. The van der Waals surface area contributed by atoms with Gasteiger partial charge < -0.3 is 10.3 Å². The van der Waals surface area contributed by atoms with E-state index in [1.54, 1.807) is 18.6 Å². The highest BCUT2D eigenvalue weighted by Crippen LogP contribution is 2.27. The largest absolute Gasteiger partial charge is 0.354 e. The first-order valence-electron chi connectivity index (χ1n) is 7.99. The second-order valence-electron chi connectivity index (χ2n) is 6.05. The molecular formula is C18H18N4O. The third kappa shape index (κ3) is 2.82. The van der Waals surface area contributed by atoms with Gasteiger partial charge >= 0.3 is 0 Å². The van der Waals surface area contributed by atoms with Crippen molar-refractivity contribution in [3.8, 4) is 11.3 Å². The molecule has 116 valence electrons. The average molecular weight is 306 g/mol. The van der Waals surface area contributed by atoms with E-state index in [1.807, 2.05) is 18.2 Å². The van der Waals surface area contributed by atoms with Crippen LogP contribution in [0.1, 0.15) is 25.7 Å². The number of pyridine rings is 2. The number of anilines is 1. The monoisotopic (exact) mass is 306 g/mol. The first kappa shape index (κ1) is 13.9. The number of amides is 1. The second kappa shape index (κ2) is 5.83. The Balaban J connectivity index is 1.59. The number of H-pyrrole nitrogens is 1. The number of nitrogens with one attached hydrogen (secondary N) is 2. The summed E-state index contributed by atoms with van der Waals surface area (Å²) >= 11 is 0. The molecule has 3 aromatic rings. The van der Waals surface area contributed by atoms with Crippen LogP contribution in [0.3, 0.4) is 0 Å². The van der Waals surface area contributed by atoms with Crippen LogP contribution in [0, 0.1) is 5.92 Å². The molecular weight excluding hydrogens is 288 g/mol. The third-order valence-corrected chi connectivity index (χ3v) is 4.47. The van der Waals surface area contributed by atoms with Gasteiger partial charge in [-0.2, -0.15) is 0 Å². The minimum Gasteiger partial charge on any atom is -0.354 e. The fourth-order valence-corrected chi connectivity index (χ4v) is 3.20. The smallest absolute Gasteiger partial charge is 0.228 e. The van der Waals surface area contributed by atoms with Crippen molar-refractivity contribution in [2.24, 2.45) is 5.92 Å². The van der Waals surface area contributed by atoms with E-state index in [4.69, 9.17) is 0 Å². The molecule has 2 N–H and O–H groups in total. The molecule has 0 radical (unpaired) electrons. The predicted octanol–water partition coefficient (Wildman–Crippen LogP) is 3.75. The summed E-state index contributed by atoms with van der Waals surface area (Å²) in [5, 5.41) is 3.97. The Hall–Kier alpha value is -2.69. The van der Waals surface area contributed by atoms with Gasteiger partial charge in [-0.05, 0) is 31.0 Å². The molecule has 0 aliphatic heterocycles. The third-order valence-electron chi connectivity index (χ3n) is 4.47. The Kier molecular flexibility index (Phi) is 3.54. The van der Waals surface area contributed by atoms with Crippen LogP contribution in [0.5, 0.6) is 0 Å². The van der Waals surface area contributed by atoms with Crippen molar-refractivity contribution in [3.63, 3.8) is 0 Å². The van der Waals surface area contributed by atoms with Crippen LogP contribution < -0.4 is 5.32 Å². The Bertz CT molecular complexity index is 835. The molecule has 0 saturated heterocycles. The number of aromatic nitrogens is 3. The van der Waals surface area contributed by atoms with Crippen LogP contribution in [0.15, 0.2) is 42.9 Å². The molecule has 1 amide bonds. The van der Waals surface area contributed by atoms with Gasteiger partial charge in [-0.25, -0.2) is 4.98 Å². The first-order chi connectivity index (χ1) is 11.3. The lowest BCUT2D eigenvalue weighted by Crippen LogP contribution is -2.20. The molecule has 3 aromatic heterocycles. The number of hydrogen-bond acceptors (Lipinski definition) is 3. The Morgan fingerprint density at radius 3 is 2.74 bits per heavy atom. The molecule has 0 aromatic carbocycles. The van der Waals surface area contributed by atoms with Gasteiger partial charge in [-0.3, -0.25) is 9.78 Å². The lowest BCUT2D eigenvalue weighted by Gasteiger charge is -2.09. The van der Waals surface area contributed by atoms with Gasteiger partial charge in [0.1, 0.15) is 5.82 Å². The fourth-order valence-electron chi connectivity index (χ4n) is 3.20. The number of aromatic amines is 1. The van der Waals surface area contributed by atoms with Gasteiger partial charge in [0, 0.05) is 47.2 Å². The van der Waals surface area contributed by atoms with Gasteiger partial charge in [0.05, 0.1) is 5.52 Å². The molecule has 1 aliphatic rings. The highest BCUT2D eigenvalue weighted by Gasteiger charge is 2.22. The van der Waals surface area contributed by atoms with Gasteiger partial charge in [0.15, 0.2) is 0 Å². The van der Waals surface area contributed by atoms with Crippen LogP contribution in [-0.4, -0.2) is 20.9 Å². The molecule has 1 saturated carbocycles. The molecule has 0 spiro atoms. The minimum atomic E-state index is 0.0928. The van der Waals surface area contributed by atoms with Crippen LogP contribution in [-0.2, 0) is 4.79 Å². The Labute approximate surface area is 134 Å². The van der Waals surface area contributed by atoms with Crippen LogP contribution in [0.4, 0.5) is 5.82 Å². The summed E-state index contributed by atoms with van der Waals surface area (Å²) in [4.78, 5) is 24.0. The summed E-state index contributed by atoms with van der Waals surface area (Å²) in [7, 11) is 0. The van der Waals surface area contributed by atoms with Crippen molar-refractivity contribution in [1.82, 2.24) is 15.0 Å². The molecule has 0 bridgehead atoms. The summed E-state index contributed by atoms with van der Waals surface area (Å²) in [5.41, 5.74) is 3.06. The van der Waals surface area contributed by atoms with Crippen molar-refractivity contribution in [3.05, 3.63) is 42.9 Å². The van der Waals surface area contributed by atoms with Gasteiger partial charge in [-0.1, -0.05) is 12.8 Å². The zero-order valence-electron chi connectivity index (χ0n) is 12.7. The maximum absolute atomic E-state index is 12.2. The van der Waals surface area contributed by atoms with E-state index in [0.717, 1.165) is 47.8 Å². The lowest BCUT2D eigenvalue weighted by molar-refractivity contribution is -0.119. The number of hydrogen-bond donors (Lipinski definition) is 2. The van der Waals surface area contributed by atoms with E-state index >= 15 is 0 Å². The Morgan fingerprint density at radius 2 is 1.96 bits per heavy atom. The zero-order valence-corrected chi connectivity index (χ0v) is 12.7. The normalized spacial score (nSPS) is 15.1. The quantitative estimate of drug-likeness (QED) is 0.774. The van der Waals surface area contributed by atoms with Gasteiger partial charge in [0.2, 0.25) is 5.91 Å². The summed E-state index contributed by atoms with van der Waals surface area (Å²) in [6, 6.07) is 7.87. The number of rotatable bonds is 3. The molecule has 0 atom stereocenters. The molecule has 1 aliphatic carbocycles. The van der Waals surface area contributed by atoms with E-state index < -0.39 is 0 Å². The van der Waals surface area contributed by atoms with Crippen molar-refractivity contribution in [2.75, 3.05) is 5.32 Å². The van der Waals surface area contributed by atoms with Crippen LogP contribution in [0.25, 0.3) is 22.2 Å². The average Bonchev–Trinajstić information content (AvgIpc) is 3.25. The number of carbonyl (C=O) groups excluding carboxylic acids is 1. The van der Waals surface area contributed by atoms with Gasteiger partial charge in [0.25, 0.3) is 0 Å². The SMILES string of the molecule is O=C(Nc1cc2[nH]c(-c3ccncc3)cc2cn1)C1CCCC1. The van der Waals surface area contributed by atoms with E-state index in [-0.39, 0.29) is 11.8 Å². The highest BCUT2D eigenvalue weighted by molar-refractivity contribution is 5.94. The lowest BCUT2D eigenvalue weighted by atomic mass is 10.1. The van der Waals surface area contributed by atoms with Crippen molar-refractivity contribution >= 4 is 22.6 Å². The predicted molar refractivity (Wildman–Crippen MR) is 89.9 cm³/mol. The number of carbonyl (C=O) groups is 1. The van der Waals surface area contributed by atoms with E-state index in [0.29, 0.717) is 5.82 Å². The fraction of sp³-hybridized carbons (Fsp3) is 0.278. The molecule has 0 unspecified atom stereocenters. The van der Waals surface area contributed by atoms with Crippen molar-refractivity contribution in [1.29, 1.82) is 0 Å². The standard InChI is InChI=1S/C18H18N4O/c23-18(13-3-1-2-4-13)22-17-10-16-14(11-20-17)9-15(21-16)12-5-7-19-8-6-12/h5-11,13,21H,1-4H2,(H,20,22,23). The molecule has 4 rings (SSSR count). The maximum atomic E-state index is 12.2. The zero-order chi connectivity index (χ0) is 15.6.